The molecule has 2 unspecified atom stereocenters. The standard InChI is InChI=1S/C14H14F2N2/c1-9(13-4-2-3-7-18-13)14(17)10-5-6-11(15)12(16)8-10/h2-9,14H,17H2,1H3. The van der Waals surface area contributed by atoms with E-state index in [1.807, 2.05) is 25.1 Å². The maximum Gasteiger partial charge on any atom is 0.159 e. The van der Waals surface area contributed by atoms with Crippen molar-refractivity contribution in [1.29, 1.82) is 0 Å². The predicted octanol–water partition coefficient (Wildman–Crippen LogP) is 3.16. The average molecular weight is 248 g/mol. The maximum atomic E-state index is 13.2. The Kier molecular flexibility index (Phi) is 3.67. The van der Waals surface area contributed by atoms with Crippen LogP contribution >= 0.6 is 0 Å². The first-order valence-electron chi connectivity index (χ1n) is 5.71. The van der Waals surface area contributed by atoms with Gasteiger partial charge in [0.15, 0.2) is 11.6 Å². The Labute approximate surface area is 104 Å². The molecular weight excluding hydrogens is 234 g/mol. The molecule has 94 valence electrons. The van der Waals surface area contributed by atoms with Crippen molar-refractivity contribution in [3.8, 4) is 0 Å². The molecule has 0 amide bonds. The van der Waals surface area contributed by atoms with Crippen LogP contribution in [-0.2, 0) is 0 Å². The van der Waals surface area contributed by atoms with Gasteiger partial charge < -0.3 is 5.73 Å². The number of hydrogen-bond donors (Lipinski definition) is 1. The van der Waals surface area contributed by atoms with E-state index in [4.69, 9.17) is 5.73 Å². The van der Waals surface area contributed by atoms with Gasteiger partial charge in [-0.15, -0.1) is 0 Å². The zero-order chi connectivity index (χ0) is 13.1. The van der Waals surface area contributed by atoms with Crippen LogP contribution in [-0.4, -0.2) is 4.98 Å². The van der Waals surface area contributed by atoms with Gasteiger partial charge in [0.05, 0.1) is 0 Å². The van der Waals surface area contributed by atoms with Crippen molar-refractivity contribution < 1.29 is 8.78 Å². The van der Waals surface area contributed by atoms with E-state index < -0.39 is 17.7 Å². The van der Waals surface area contributed by atoms with E-state index in [1.165, 1.54) is 6.07 Å². The minimum Gasteiger partial charge on any atom is -0.323 e. The van der Waals surface area contributed by atoms with Crippen molar-refractivity contribution in [3.05, 3.63) is 65.5 Å². The number of rotatable bonds is 3. The Hall–Kier alpha value is -1.81. The van der Waals surface area contributed by atoms with Gasteiger partial charge in [0.25, 0.3) is 0 Å². The van der Waals surface area contributed by atoms with Crippen molar-refractivity contribution in [2.45, 2.75) is 18.9 Å². The molecule has 2 atom stereocenters. The van der Waals surface area contributed by atoms with Crippen LogP contribution in [0.15, 0.2) is 42.6 Å². The van der Waals surface area contributed by atoms with Crippen molar-refractivity contribution in [2.75, 3.05) is 0 Å². The second-order valence-corrected chi connectivity index (χ2v) is 4.24. The monoisotopic (exact) mass is 248 g/mol. The van der Waals surface area contributed by atoms with E-state index in [1.54, 1.807) is 6.20 Å². The topological polar surface area (TPSA) is 38.9 Å². The van der Waals surface area contributed by atoms with Crippen molar-refractivity contribution in [2.24, 2.45) is 5.73 Å². The first-order chi connectivity index (χ1) is 8.59. The number of nitrogens with zero attached hydrogens (tertiary/aromatic N) is 1. The lowest BCUT2D eigenvalue weighted by atomic mass is 9.92. The zero-order valence-electron chi connectivity index (χ0n) is 9.98. The number of aromatic nitrogens is 1. The Morgan fingerprint density at radius 1 is 1.11 bits per heavy atom. The van der Waals surface area contributed by atoms with Gasteiger partial charge in [-0.1, -0.05) is 19.1 Å². The normalized spacial score (nSPS) is 14.2. The molecule has 0 aliphatic heterocycles. The zero-order valence-corrected chi connectivity index (χ0v) is 9.98. The van der Waals surface area contributed by atoms with Crippen LogP contribution in [0.5, 0.6) is 0 Å². The van der Waals surface area contributed by atoms with E-state index in [0.29, 0.717) is 5.56 Å². The third kappa shape index (κ3) is 2.54. The summed E-state index contributed by atoms with van der Waals surface area (Å²) in [6, 6.07) is 8.87. The van der Waals surface area contributed by atoms with E-state index in [-0.39, 0.29) is 5.92 Å². The number of nitrogens with two attached hydrogens (primary N) is 1. The van der Waals surface area contributed by atoms with Crippen LogP contribution in [0, 0.1) is 11.6 Å². The molecule has 0 bridgehead atoms. The lowest BCUT2D eigenvalue weighted by Crippen LogP contribution is -2.18. The van der Waals surface area contributed by atoms with Gasteiger partial charge in [-0.05, 0) is 29.8 Å². The number of hydrogen-bond acceptors (Lipinski definition) is 2. The summed E-state index contributed by atoms with van der Waals surface area (Å²) in [6.45, 7) is 1.91. The first-order valence-corrected chi connectivity index (χ1v) is 5.71. The molecule has 4 heteroatoms. The van der Waals surface area contributed by atoms with Crippen LogP contribution in [0.2, 0.25) is 0 Å². The largest absolute Gasteiger partial charge is 0.323 e. The summed E-state index contributed by atoms with van der Waals surface area (Å²) in [5, 5.41) is 0. The molecule has 0 aliphatic carbocycles. The fourth-order valence-corrected chi connectivity index (χ4v) is 1.84. The first kappa shape index (κ1) is 12.6. The minimum atomic E-state index is -0.879. The Bertz CT molecular complexity index is 529. The lowest BCUT2D eigenvalue weighted by Gasteiger charge is -2.19. The summed E-state index contributed by atoms with van der Waals surface area (Å²) in [5.74, 6) is -1.82. The highest BCUT2D eigenvalue weighted by Gasteiger charge is 2.18. The third-order valence-corrected chi connectivity index (χ3v) is 3.02. The lowest BCUT2D eigenvalue weighted by molar-refractivity contribution is 0.501. The highest BCUT2D eigenvalue weighted by molar-refractivity contribution is 5.25. The highest BCUT2D eigenvalue weighted by atomic mass is 19.2. The van der Waals surface area contributed by atoms with Crippen molar-refractivity contribution in [3.63, 3.8) is 0 Å². The molecule has 0 radical (unpaired) electrons. The van der Waals surface area contributed by atoms with Gasteiger partial charge in [0.1, 0.15) is 0 Å². The summed E-state index contributed by atoms with van der Waals surface area (Å²) in [7, 11) is 0. The number of benzene rings is 1. The molecule has 2 rings (SSSR count). The van der Waals surface area contributed by atoms with E-state index in [2.05, 4.69) is 4.98 Å². The van der Waals surface area contributed by atoms with Gasteiger partial charge in [-0.3, -0.25) is 4.98 Å². The number of pyridine rings is 1. The maximum absolute atomic E-state index is 13.2. The smallest absolute Gasteiger partial charge is 0.159 e. The van der Waals surface area contributed by atoms with Gasteiger partial charge in [0, 0.05) is 23.9 Å². The molecule has 1 heterocycles. The van der Waals surface area contributed by atoms with Crippen LogP contribution in [0.1, 0.15) is 30.1 Å². The van der Waals surface area contributed by atoms with Crippen LogP contribution in [0.25, 0.3) is 0 Å². The van der Waals surface area contributed by atoms with E-state index in [9.17, 15) is 8.78 Å². The fourth-order valence-electron chi connectivity index (χ4n) is 1.84. The summed E-state index contributed by atoms with van der Waals surface area (Å²) < 4.78 is 26.0. The summed E-state index contributed by atoms with van der Waals surface area (Å²) in [6.07, 6.45) is 1.68. The third-order valence-electron chi connectivity index (χ3n) is 3.02. The van der Waals surface area contributed by atoms with Gasteiger partial charge >= 0.3 is 0 Å². The number of halogens is 2. The molecule has 18 heavy (non-hydrogen) atoms. The van der Waals surface area contributed by atoms with Gasteiger partial charge in [-0.25, -0.2) is 8.78 Å². The molecule has 0 saturated heterocycles. The predicted molar refractivity (Wildman–Crippen MR) is 65.9 cm³/mol. The van der Waals surface area contributed by atoms with E-state index >= 15 is 0 Å². The van der Waals surface area contributed by atoms with Crippen LogP contribution in [0.4, 0.5) is 8.78 Å². The van der Waals surface area contributed by atoms with E-state index in [0.717, 1.165) is 17.8 Å². The Balaban J connectivity index is 2.25. The summed E-state index contributed by atoms with van der Waals surface area (Å²) in [5.41, 5.74) is 7.45. The van der Waals surface area contributed by atoms with Crippen molar-refractivity contribution >= 4 is 0 Å². The van der Waals surface area contributed by atoms with Crippen LogP contribution in [0.3, 0.4) is 0 Å². The minimum absolute atomic E-state index is 0.0731. The quantitative estimate of drug-likeness (QED) is 0.906. The molecular formula is C14H14F2N2. The average Bonchev–Trinajstić information content (AvgIpc) is 2.41. The second-order valence-electron chi connectivity index (χ2n) is 4.24. The van der Waals surface area contributed by atoms with Gasteiger partial charge in [0.2, 0.25) is 0 Å². The Morgan fingerprint density at radius 3 is 2.50 bits per heavy atom. The molecule has 2 nitrogen and oxygen atoms in total. The second kappa shape index (κ2) is 5.23. The molecule has 1 aromatic heterocycles. The fraction of sp³-hybridized carbons (Fsp3) is 0.214. The highest BCUT2D eigenvalue weighted by Crippen LogP contribution is 2.27. The SMILES string of the molecule is CC(c1ccccn1)C(N)c1ccc(F)c(F)c1. The molecule has 0 saturated carbocycles. The summed E-state index contributed by atoms with van der Waals surface area (Å²) in [4.78, 5) is 4.22. The molecule has 0 spiro atoms. The van der Waals surface area contributed by atoms with Gasteiger partial charge in [-0.2, -0.15) is 0 Å². The van der Waals surface area contributed by atoms with Crippen molar-refractivity contribution in [1.82, 2.24) is 4.98 Å². The summed E-state index contributed by atoms with van der Waals surface area (Å²) >= 11 is 0. The Morgan fingerprint density at radius 2 is 1.89 bits per heavy atom. The molecule has 1 aromatic carbocycles. The molecule has 2 N–H and O–H groups in total. The van der Waals surface area contributed by atoms with Crippen LogP contribution < -0.4 is 5.73 Å². The molecule has 0 fully saturated rings. The molecule has 0 aliphatic rings. The molecule has 2 aromatic rings.